The minimum atomic E-state index is 0.0869. The molecule has 3 nitrogen and oxygen atoms in total. The second-order valence-corrected chi connectivity index (χ2v) is 5.93. The molecule has 1 amide bonds. The summed E-state index contributed by atoms with van der Waals surface area (Å²) in [5, 5.41) is 3.34. The van der Waals surface area contributed by atoms with Crippen molar-refractivity contribution in [3.63, 3.8) is 0 Å². The average Bonchev–Trinajstić information content (AvgIpc) is 3.11. The zero-order chi connectivity index (χ0) is 12.1. The van der Waals surface area contributed by atoms with Crippen LogP contribution in [0.3, 0.4) is 0 Å². The summed E-state index contributed by atoms with van der Waals surface area (Å²) in [6, 6.07) is 0. The lowest BCUT2D eigenvalue weighted by atomic mass is 9.78. The van der Waals surface area contributed by atoms with Gasteiger partial charge in [-0.2, -0.15) is 0 Å². The summed E-state index contributed by atoms with van der Waals surface area (Å²) in [6.07, 6.45) is 11.5. The van der Waals surface area contributed by atoms with Crippen LogP contribution in [0.2, 0.25) is 0 Å². The molecular weight excluding hydrogens is 212 g/mol. The fourth-order valence-corrected chi connectivity index (χ4v) is 3.04. The maximum atomic E-state index is 12.0. The second-order valence-electron chi connectivity index (χ2n) is 5.93. The molecule has 0 aromatic carbocycles. The highest BCUT2D eigenvalue weighted by Crippen LogP contribution is 2.35. The Morgan fingerprint density at radius 2 is 1.94 bits per heavy atom. The van der Waals surface area contributed by atoms with Crippen molar-refractivity contribution in [2.45, 2.75) is 69.7 Å². The lowest BCUT2D eigenvalue weighted by Crippen LogP contribution is -2.50. The molecule has 17 heavy (non-hydrogen) atoms. The van der Waals surface area contributed by atoms with Gasteiger partial charge in [0.1, 0.15) is 0 Å². The molecule has 2 aliphatic carbocycles. The van der Waals surface area contributed by atoms with Crippen molar-refractivity contribution < 1.29 is 4.79 Å². The fourth-order valence-electron chi connectivity index (χ4n) is 3.04. The average molecular weight is 238 g/mol. The topological polar surface area (TPSA) is 55.1 Å². The van der Waals surface area contributed by atoms with E-state index in [1.165, 1.54) is 32.1 Å². The van der Waals surface area contributed by atoms with Gasteiger partial charge in [0.15, 0.2) is 0 Å². The summed E-state index contributed by atoms with van der Waals surface area (Å²) in [5.41, 5.74) is 5.70. The molecular formula is C14H26N2O. The molecule has 0 aromatic heterocycles. The van der Waals surface area contributed by atoms with Gasteiger partial charge in [-0.3, -0.25) is 4.79 Å². The van der Waals surface area contributed by atoms with Gasteiger partial charge in [-0.25, -0.2) is 0 Å². The number of hydrogen-bond donors (Lipinski definition) is 2. The first kappa shape index (κ1) is 12.9. The van der Waals surface area contributed by atoms with Gasteiger partial charge in [0.2, 0.25) is 5.91 Å². The maximum absolute atomic E-state index is 12.0. The largest absolute Gasteiger partial charge is 0.351 e. The lowest BCUT2D eigenvalue weighted by molar-refractivity contribution is -0.124. The molecule has 0 saturated heterocycles. The molecule has 0 atom stereocenters. The Hall–Kier alpha value is -0.570. The molecule has 0 unspecified atom stereocenters. The minimum absolute atomic E-state index is 0.0869. The quantitative estimate of drug-likeness (QED) is 0.746. The highest BCUT2D eigenvalue weighted by atomic mass is 16.1. The van der Waals surface area contributed by atoms with Gasteiger partial charge in [-0.15, -0.1) is 0 Å². The summed E-state index contributed by atoms with van der Waals surface area (Å²) in [4.78, 5) is 12.0. The molecule has 98 valence electrons. The molecule has 3 N–H and O–H groups in total. The molecule has 0 heterocycles. The van der Waals surface area contributed by atoms with Crippen LogP contribution in [-0.2, 0) is 4.79 Å². The van der Waals surface area contributed by atoms with Crippen LogP contribution < -0.4 is 11.1 Å². The summed E-state index contributed by atoms with van der Waals surface area (Å²) in [7, 11) is 0. The second kappa shape index (κ2) is 5.85. The van der Waals surface area contributed by atoms with Gasteiger partial charge in [0, 0.05) is 12.0 Å². The standard InChI is InChI=1S/C14H26N2O/c15-10-4-9-14(7-2-1-3-8-14)16-13(17)11-12-5-6-12/h12H,1-11,15H2,(H,16,17). The lowest BCUT2D eigenvalue weighted by Gasteiger charge is -2.38. The van der Waals surface area contributed by atoms with E-state index in [2.05, 4.69) is 5.32 Å². The van der Waals surface area contributed by atoms with Crippen molar-refractivity contribution in [3.05, 3.63) is 0 Å². The Balaban J connectivity index is 1.86. The number of nitrogens with two attached hydrogens (primary N) is 1. The third kappa shape index (κ3) is 3.98. The van der Waals surface area contributed by atoms with Gasteiger partial charge < -0.3 is 11.1 Å². The predicted octanol–water partition coefficient (Wildman–Crippen LogP) is 2.34. The van der Waals surface area contributed by atoms with Gasteiger partial charge >= 0.3 is 0 Å². The van der Waals surface area contributed by atoms with E-state index in [1.807, 2.05) is 0 Å². The minimum Gasteiger partial charge on any atom is -0.351 e. The van der Waals surface area contributed by atoms with Crippen molar-refractivity contribution in [2.75, 3.05) is 6.54 Å². The van der Waals surface area contributed by atoms with Crippen LogP contribution in [0.1, 0.15) is 64.2 Å². The van der Waals surface area contributed by atoms with Crippen LogP contribution >= 0.6 is 0 Å². The van der Waals surface area contributed by atoms with Gasteiger partial charge in [0.05, 0.1) is 0 Å². The first-order valence-corrected chi connectivity index (χ1v) is 7.25. The molecule has 2 saturated carbocycles. The van der Waals surface area contributed by atoms with E-state index in [1.54, 1.807) is 0 Å². The summed E-state index contributed by atoms with van der Waals surface area (Å²) < 4.78 is 0. The molecule has 2 rings (SSSR count). The Labute approximate surface area is 105 Å². The van der Waals surface area contributed by atoms with E-state index in [0.717, 1.165) is 38.6 Å². The van der Waals surface area contributed by atoms with Crippen LogP contribution in [0, 0.1) is 5.92 Å². The van der Waals surface area contributed by atoms with Crippen LogP contribution in [0.15, 0.2) is 0 Å². The fraction of sp³-hybridized carbons (Fsp3) is 0.929. The van der Waals surface area contributed by atoms with E-state index in [9.17, 15) is 4.79 Å². The zero-order valence-corrected chi connectivity index (χ0v) is 10.8. The first-order valence-electron chi connectivity index (χ1n) is 7.25. The molecule has 0 bridgehead atoms. The van der Waals surface area contributed by atoms with E-state index >= 15 is 0 Å². The number of carbonyl (C=O) groups excluding carboxylic acids is 1. The molecule has 0 aromatic rings. The Morgan fingerprint density at radius 1 is 1.24 bits per heavy atom. The number of rotatable bonds is 6. The van der Waals surface area contributed by atoms with Crippen molar-refractivity contribution >= 4 is 5.91 Å². The SMILES string of the molecule is NCCCC1(NC(=O)CC2CC2)CCCCC1. The Bertz CT molecular complexity index is 255. The maximum Gasteiger partial charge on any atom is 0.220 e. The highest BCUT2D eigenvalue weighted by Gasteiger charge is 2.34. The van der Waals surface area contributed by atoms with Crippen molar-refractivity contribution in [2.24, 2.45) is 11.7 Å². The van der Waals surface area contributed by atoms with E-state index < -0.39 is 0 Å². The van der Waals surface area contributed by atoms with E-state index in [0.29, 0.717) is 5.92 Å². The molecule has 0 aliphatic heterocycles. The van der Waals surface area contributed by atoms with Gasteiger partial charge in [-0.05, 0) is 51.0 Å². The normalized spacial score (nSPS) is 23.4. The molecule has 2 aliphatic rings. The summed E-state index contributed by atoms with van der Waals surface area (Å²) in [5.74, 6) is 0.969. The number of nitrogens with one attached hydrogen (secondary N) is 1. The van der Waals surface area contributed by atoms with Gasteiger partial charge in [-0.1, -0.05) is 19.3 Å². The number of carbonyl (C=O) groups is 1. The molecule has 2 fully saturated rings. The molecule has 0 radical (unpaired) electrons. The highest BCUT2D eigenvalue weighted by molar-refractivity contribution is 5.77. The smallest absolute Gasteiger partial charge is 0.220 e. The third-order valence-corrected chi connectivity index (χ3v) is 4.25. The summed E-state index contributed by atoms with van der Waals surface area (Å²) in [6.45, 7) is 0.736. The molecule has 0 spiro atoms. The number of hydrogen-bond acceptors (Lipinski definition) is 2. The van der Waals surface area contributed by atoms with Crippen LogP contribution in [0.4, 0.5) is 0 Å². The van der Waals surface area contributed by atoms with E-state index in [-0.39, 0.29) is 11.4 Å². The van der Waals surface area contributed by atoms with Crippen molar-refractivity contribution in [3.8, 4) is 0 Å². The Kier molecular flexibility index (Phi) is 4.43. The first-order chi connectivity index (χ1) is 8.24. The monoisotopic (exact) mass is 238 g/mol. The molecule has 3 heteroatoms. The third-order valence-electron chi connectivity index (χ3n) is 4.25. The predicted molar refractivity (Wildman–Crippen MR) is 69.6 cm³/mol. The van der Waals surface area contributed by atoms with Gasteiger partial charge in [0.25, 0.3) is 0 Å². The van der Waals surface area contributed by atoms with E-state index in [4.69, 9.17) is 5.73 Å². The Morgan fingerprint density at radius 3 is 2.53 bits per heavy atom. The van der Waals surface area contributed by atoms with Crippen LogP contribution in [-0.4, -0.2) is 18.0 Å². The van der Waals surface area contributed by atoms with Crippen LogP contribution in [0.25, 0.3) is 0 Å². The van der Waals surface area contributed by atoms with Crippen molar-refractivity contribution in [1.29, 1.82) is 0 Å². The number of amides is 1. The van der Waals surface area contributed by atoms with Crippen molar-refractivity contribution in [1.82, 2.24) is 5.32 Å². The zero-order valence-electron chi connectivity index (χ0n) is 10.8. The summed E-state index contributed by atoms with van der Waals surface area (Å²) >= 11 is 0. The van der Waals surface area contributed by atoms with Crippen LogP contribution in [0.5, 0.6) is 0 Å².